The molecule has 0 saturated heterocycles. The highest BCUT2D eigenvalue weighted by atomic mass is 16.2. The van der Waals surface area contributed by atoms with E-state index in [0.717, 1.165) is 24.2 Å². The van der Waals surface area contributed by atoms with Crippen molar-refractivity contribution in [2.45, 2.75) is 44.9 Å². The first-order valence-corrected chi connectivity index (χ1v) is 10.3. The van der Waals surface area contributed by atoms with Gasteiger partial charge in [-0.2, -0.15) is 5.10 Å². The molecule has 6 rings (SSSR count). The van der Waals surface area contributed by atoms with E-state index in [1.165, 1.54) is 43.2 Å². The summed E-state index contributed by atoms with van der Waals surface area (Å²) in [6, 6.07) is 7.22. The van der Waals surface area contributed by atoms with E-state index in [-0.39, 0.29) is 11.5 Å². The van der Waals surface area contributed by atoms with Gasteiger partial charge in [-0.25, -0.2) is 4.68 Å². The summed E-state index contributed by atoms with van der Waals surface area (Å²) in [6.45, 7) is 0.698. The molecular weight excluding hydrogens is 338 g/mol. The molecule has 5 nitrogen and oxygen atoms in total. The zero-order chi connectivity index (χ0) is 18.6. The molecule has 0 aliphatic heterocycles. The molecule has 2 aromatic rings. The SMILES string of the molecule is Cn1nc(C(=O)NCCC23CC4CC(CC(C4)C2)C3)c2ccccc2c1=O. The van der Waals surface area contributed by atoms with Gasteiger partial charge in [-0.05, 0) is 74.2 Å². The van der Waals surface area contributed by atoms with E-state index in [4.69, 9.17) is 0 Å². The first-order valence-electron chi connectivity index (χ1n) is 10.3. The van der Waals surface area contributed by atoms with Crippen molar-refractivity contribution in [2.24, 2.45) is 30.2 Å². The average Bonchev–Trinajstić information content (AvgIpc) is 2.63. The minimum absolute atomic E-state index is 0.171. The summed E-state index contributed by atoms with van der Waals surface area (Å²) in [6.07, 6.45) is 9.48. The van der Waals surface area contributed by atoms with Crippen molar-refractivity contribution < 1.29 is 4.79 Å². The Morgan fingerprint density at radius 1 is 1.11 bits per heavy atom. The monoisotopic (exact) mass is 365 g/mol. The van der Waals surface area contributed by atoms with E-state index in [0.29, 0.717) is 28.4 Å². The number of nitrogens with one attached hydrogen (secondary N) is 1. The van der Waals surface area contributed by atoms with Gasteiger partial charge in [0.25, 0.3) is 11.5 Å². The molecule has 142 valence electrons. The van der Waals surface area contributed by atoms with Crippen LogP contribution in [0.4, 0.5) is 0 Å². The summed E-state index contributed by atoms with van der Waals surface area (Å²) in [5.74, 6) is 2.62. The lowest BCUT2D eigenvalue weighted by atomic mass is 9.49. The van der Waals surface area contributed by atoms with E-state index < -0.39 is 0 Å². The number of nitrogens with zero attached hydrogens (tertiary/aromatic N) is 2. The minimum Gasteiger partial charge on any atom is -0.351 e. The Balaban J connectivity index is 1.31. The number of amides is 1. The molecule has 0 atom stereocenters. The van der Waals surface area contributed by atoms with Crippen LogP contribution in [-0.4, -0.2) is 22.2 Å². The van der Waals surface area contributed by atoms with Crippen LogP contribution >= 0.6 is 0 Å². The van der Waals surface area contributed by atoms with Gasteiger partial charge in [-0.1, -0.05) is 18.2 Å². The number of hydrogen-bond donors (Lipinski definition) is 1. The van der Waals surface area contributed by atoms with Gasteiger partial charge < -0.3 is 5.32 Å². The van der Waals surface area contributed by atoms with Gasteiger partial charge in [0, 0.05) is 19.0 Å². The highest BCUT2D eigenvalue weighted by molar-refractivity contribution is 6.04. The molecule has 0 unspecified atom stereocenters. The van der Waals surface area contributed by atoms with Gasteiger partial charge in [-0.3, -0.25) is 9.59 Å². The maximum absolute atomic E-state index is 12.8. The van der Waals surface area contributed by atoms with Crippen LogP contribution in [0.15, 0.2) is 29.1 Å². The summed E-state index contributed by atoms with van der Waals surface area (Å²) in [7, 11) is 1.60. The molecule has 0 radical (unpaired) electrons. The van der Waals surface area contributed by atoms with Crippen LogP contribution in [0.3, 0.4) is 0 Å². The zero-order valence-electron chi connectivity index (χ0n) is 15.9. The van der Waals surface area contributed by atoms with Crippen molar-refractivity contribution in [1.82, 2.24) is 15.1 Å². The number of hydrogen-bond acceptors (Lipinski definition) is 3. The topological polar surface area (TPSA) is 64.0 Å². The molecule has 1 heterocycles. The van der Waals surface area contributed by atoms with E-state index in [2.05, 4.69) is 10.4 Å². The largest absolute Gasteiger partial charge is 0.351 e. The van der Waals surface area contributed by atoms with Crippen LogP contribution in [-0.2, 0) is 7.05 Å². The molecule has 4 aliphatic rings. The molecule has 4 fully saturated rings. The zero-order valence-corrected chi connectivity index (χ0v) is 15.9. The predicted molar refractivity (Wildman–Crippen MR) is 105 cm³/mol. The summed E-state index contributed by atoms with van der Waals surface area (Å²) < 4.78 is 1.26. The fourth-order valence-corrected chi connectivity index (χ4v) is 6.59. The number of aryl methyl sites for hydroxylation is 1. The van der Waals surface area contributed by atoms with Crippen LogP contribution in [0.2, 0.25) is 0 Å². The molecular formula is C22H27N3O2. The Morgan fingerprint density at radius 2 is 1.70 bits per heavy atom. The molecule has 5 heteroatoms. The van der Waals surface area contributed by atoms with Crippen molar-refractivity contribution in [2.75, 3.05) is 6.54 Å². The van der Waals surface area contributed by atoms with Gasteiger partial charge in [0.1, 0.15) is 0 Å². The molecule has 4 aliphatic carbocycles. The number of carbonyl (C=O) groups excluding carboxylic acids is 1. The predicted octanol–water partition coefficient (Wildman–Crippen LogP) is 3.27. The van der Waals surface area contributed by atoms with Crippen molar-refractivity contribution in [3.63, 3.8) is 0 Å². The molecule has 1 N–H and O–H groups in total. The number of fused-ring (bicyclic) bond motifs is 1. The fraction of sp³-hybridized carbons (Fsp3) is 0.591. The fourth-order valence-electron chi connectivity index (χ4n) is 6.59. The van der Waals surface area contributed by atoms with Crippen LogP contribution in [0, 0.1) is 23.2 Å². The maximum atomic E-state index is 12.8. The van der Waals surface area contributed by atoms with Crippen molar-refractivity contribution in [3.8, 4) is 0 Å². The summed E-state index contributed by atoms with van der Waals surface area (Å²) in [5.41, 5.74) is 0.634. The van der Waals surface area contributed by atoms with Crippen molar-refractivity contribution >= 4 is 16.7 Å². The number of rotatable bonds is 4. The third-order valence-corrected chi connectivity index (χ3v) is 7.28. The number of carbonyl (C=O) groups is 1. The molecule has 4 bridgehead atoms. The van der Waals surface area contributed by atoms with E-state index in [9.17, 15) is 9.59 Å². The first kappa shape index (κ1) is 17.0. The van der Waals surface area contributed by atoms with Gasteiger partial charge in [0.2, 0.25) is 0 Å². The van der Waals surface area contributed by atoms with Crippen LogP contribution in [0.5, 0.6) is 0 Å². The standard InChI is InChI=1S/C22H27N3O2/c1-25-21(27)18-5-3-2-4-17(18)19(24-25)20(26)23-7-6-22-11-14-8-15(12-22)10-16(9-14)13-22/h2-5,14-16H,6-13H2,1H3,(H,23,26). The molecule has 1 amide bonds. The number of aromatic nitrogens is 2. The Bertz CT molecular complexity index is 926. The van der Waals surface area contributed by atoms with Crippen molar-refractivity contribution in [1.29, 1.82) is 0 Å². The first-order chi connectivity index (χ1) is 13.0. The van der Waals surface area contributed by atoms with Gasteiger partial charge in [0.15, 0.2) is 5.69 Å². The molecule has 1 aromatic carbocycles. The normalized spacial score (nSPS) is 31.4. The smallest absolute Gasteiger partial charge is 0.274 e. The molecule has 0 spiro atoms. The Morgan fingerprint density at radius 3 is 2.33 bits per heavy atom. The van der Waals surface area contributed by atoms with Gasteiger partial charge in [0.05, 0.1) is 5.39 Å². The quantitative estimate of drug-likeness (QED) is 0.904. The highest BCUT2D eigenvalue weighted by Crippen LogP contribution is 2.61. The second kappa shape index (κ2) is 6.18. The second-order valence-corrected chi connectivity index (χ2v) is 9.25. The number of benzene rings is 1. The third-order valence-electron chi connectivity index (χ3n) is 7.28. The lowest BCUT2D eigenvalue weighted by molar-refractivity contribution is -0.0564. The Labute approximate surface area is 159 Å². The molecule has 27 heavy (non-hydrogen) atoms. The molecule has 4 saturated carbocycles. The lowest BCUT2D eigenvalue weighted by Gasteiger charge is -2.57. The molecule has 1 aromatic heterocycles. The van der Waals surface area contributed by atoms with E-state index >= 15 is 0 Å². The van der Waals surface area contributed by atoms with Crippen LogP contribution in [0.1, 0.15) is 55.4 Å². The van der Waals surface area contributed by atoms with Crippen LogP contribution in [0.25, 0.3) is 10.8 Å². The highest BCUT2D eigenvalue weighted by Gasteiger charge is 2.50. The average molecular weight is 365 g/mol. The summed E-state index contributed by atoms with van der Waals surface area (Å²) in [5, 5.41) is 8.51. The van der Waals surface area contributed by atoms with E-state index in [1.807, 2.05) is 12.1 Å². The Kier molecular flexibility index (Phi) is 3.88. The maximum Gasteiger partial charge on any atom is 0.274 e. The third kappa shape index (κ3) is 2.88. The van der Waals surface area contributed by atoms with Crippen molar-refractivity contribution in [3.05, 3.63) is 40.3 Å². The van der Waals surface area contributed by atoms with E-state index in [1.54, 1.807) is 19.2 Å². The van der Waals surface area contributed by atoms with Gasteiger partial charge >= 0.3 is 0 Å². The lowest BCUT2D eigenvalue weighted by Crippen LogP contribution is -2.47. The summed E-state index contributed by atoms with van der Waals surface area (Å²) >= 11 is 0. The Hall–Kier alpha value is -2.17. The van der Waals surface area contributed by atoms with Crippen LogP contribution < -0.4 is 10.9 Å². The minimum atomic E-state index is -0.175. The second-order valence-electron chi connectivity index (χ2n) is 9.25. The van der Waals surface area contributed by atoms with Gasteiger partial charge in [-0.15, -0.1) is 0 Å². The summed E-state index contributed by atoms with van der Waals surface area (Å²) in [4.78, 5) is 25.1.